The molecule has 0 aliphatic rings. The van der Waals surface area contributed by atoms with E-state index in [0.29, 0.717) is 11.1 Å². The largest absolute Gasteiger partial charge is 0.289 e. The Morgan fingerprint density at radius 1 is 0.944 bits per heavy atom. The van der Waals surface area contributed by atoms with Gasteiger partial charge in [0.05, 0.1) is 0 Å². The van der Waals surface area contributed by atoms with Crippen LogP contribution in [0.1, 0.15) is 42.4 Å². The molecule has 92 valence electrons. The van der Waals surface area contributed by atoms with Gasteiger partial charge < -0.3 is 0 Å². The Labute approximate surface area is 108 Å². The highest BCUT2D eigenvalue weighted by molar-refractivity contribution is 6.08. The Morgan fingerprint density at radius 3 is 2.11 bits per heavy atom. The van der Waals surface area contributed by atoms with Crippen LogP contribution in [0.3, 0.4) is 0 Å². The van der Waals surface area contributed by atoms with E-state index in [4.69, 9.17) is 0 Å². The molecule has 0 aliphatic carbocycles. The van der Waals surface area contributed by atoms with Crippen molar-refractivity contribution in [3.8, 4) is 0 Å². The Kier molecular flexibility index (Phi) is 3.28. The molecule has 2 heteroatoms. The molecule has 0 bridgehead atoms. The summed E-state index contributed by atoms with van der Waals surface area (Å²) >= 11 is 0. The molecule has 18 heavy (non-hydrogen) atoms. The van der Waals surface area contributed by atoms with Crippen molar-refractivity contribution in [2.45, 2.75) is 26.2 Å². The quantitative estimate of drug-likeness (QED) is 0.749. The van der Waals surface area contributed by atoms with Gasteiger partial charge in [-0.05, 0) is 12.1 Å². The molecule has 2 nitrogen and oxygen atoms in total. The smallest absolute Gasteiger partial charge is 0.194 e. The Hall–Kier alpha value is -1.96. The third kappa shape index (κ3) is 2.65. The third-order valence-corrected chi connectivity index (χ3v) is 2.83. The molecule has 0 radical (unpaired) electrons. The standard InChI is InChI=1S/C16H17NO/c1-16(2,3)14-10-9-13(11-17-14)15(18)12-7-5-4-6-8-12/h4-11H,1-3H3. The molecule has 0 fully saturated rings. The zero-order valence-corrected chi connectivity index (χ0v) is 11.0. The van der Waals surface area contributed by atoms with Crippen LogP contribution in [0.25, 0.3) is 0 Å². The van der Waals surface area contributed by atoms with Crippen LogP contribution in [0.15, 0.2) is 48.7 Å². The highest BCUT2D eigenvalue weighted by Crippen LogP contribution is 2.20. The van der Waals surface area contributed by atoms with Gasteiger partial charge in [-0.25, -0.2) is 0 Å². The molecular weight excluding hydrogens is 222 g/mol. The van der Waals surface area contributed by atoms with Crippen LogP contribution in [-0.2, 0) is 5.41 Å². The van der Waals surface area contributed by atoms with E-state index >= 15 is 0 Å². The molecular formula is C16H17NO. The summed E-state index contributed by atoms with van der Waals surface area (Å²) in [7, 11) is 0. The number of benzene rings is 1. The van der Waals surface area contributed by atoms with Crippen LogP contribution in [0, 0.1) is 0 Å². The minimum Gasteiger partial charge on any atom is -0.289 e. The van der Waals surface area contributed by atoms with E-state index in [1.165, 1.54) is 0 Å². The molecule has 1 aromatic carbocycles. The molecule has 1 heterocycles. The van der Waals surface area contributed by atoms with Gasteiger partial charge in [0.2, 0.25) is 0 Å². The van der Waals surface area contributed by atoms with Gasteiger partial charge in [0.15, 0.2) is 5.78 Å². The fourth-order valence-corrected chi connectivity index (χ4v) is 1.73. The van der Waals surface area contributed by atoms with Gasteiger partial charge in [-0.2, -0.15) is 0 Å². The van der Waals surface area contributed by atoms with Crippen LogP contribution < -0.4 is 0 Å². The Bertz CT molecular complexity index is 536. The lowest BCUT2D eigenvalue weighted by Gasteiger charge is -2.17. The minimum absolute atomic E-state index is 0.00826. The lowest BCUT2D eigenvalue weighted by Crippen LogP contribution is -2.14. The molecule has 0 amide bonds. The maximum atomic E-state index is 12.2. The first-order valence-corrected chi connectivity index (χ1v) is 6.05. The predicted octanol–water partition coefficient (Wildman–Crippen LogP) is 3.61. The van der Waals surface area contributed by atoms with E-state index in [2.05, 4.69) is 25.8 Å². The molecule has 2 rings (SSSR count). The summed E-state index contributed by atoms with van der Waals surface area (Å²) in [5.74, 6) is 0.0172. The summed E-state index contributed by atoms with van der Waals surface area (Å²) in [6, 6.07) is 13.0. The van der Waals surface area contributed by atoms with Crippen molar-refractivity contribution < 1.29 is 4.79 Å². The zero-order chi connectivity index (χ0) is 13.2. The van der Waals surface area contributed by atoms with Crippen molar-refractivity contribution in [3.05, 3.63) is 65.5 Å². The van der Waals surface area contributed by atoms with Crippen LogP contribution in [-0.4, -0.2) is 10.8 Å². The average Bonchev–Trinajstić information content (AvgIpc) is 2.38. The van der Waals surface area contributed by atoms with Crippen molar-refractivity contribution in [1.29, 1.82) is 0 Å². The van der Waals surface area contributed by atoms with Crippen molar-refractivity contribution in [3.63, 3.8) is 0 Å². The highest BCUT2D eigenvalue weighted by atomic mass is 16.1. The van der Waals surface area contributed by atoms with Gasteiger partial charge in [0.1, 0.15) is 0 Å². The number of rotatable bonds is 2. The second-order valence-electron chi connectivity index (χ2n) is 5.38. The number of carbonyl (C=O) groups excluding carboxylic acids is 1. The van der Waals surface area contributed by atoms with E-state index in [1.807, 2.05) is 42.5 Å². The summed E-state index contributed by atoms with van der Waals surface area (Å²) in [5.41, 5.74) is 2.33. The SMILES string of the molecule is CC(C)(C)c1ccc(C(=O)c2ccccc2)cn1. The van der Waals surface area contributed by atoms with E-state index < -0.39 is 0 Å². The van der Waals surface area contributed by atoms with Crippen LogP contribution in [0.2, 0.25) is 0 Å². The number of pyridine rings is 1. The zero-order valence-electron chi connectivity index (χ0n) is 11.0. The maximum Gasteiger partial charge on any atom is 0.194 e. The molecule has 0 spiro atoms. The first-order chi connectivity index (χ1) is 8.48. The fraction of sp³-hybridized carbons (Fsp3) is 0.250. The highest BCUT2D eigenvalue weighted by Gasteiger charge is 2.16. The fourth-order valence-electron chi connectivity index (χ4n) is 1.73. The second-order valence-corrected chi connectivity index (χ2v) is 5.38. The van der Waals surface area contributed by atoms with E-state index in [9.17, 15) is 4.79 Å². The van der Waals surface area contributed by atoms with E-state index in [-0.39, 0.29) is 11.2 Å². The van der Waals surface area contributed by atoms with Gasteiger partial charge in [0, 0.05) is 28.4 Å². The summed E-state index contributed by atoms with van der Waals surface area (Å²) in [5, 5.41) is 0. The molecule has 0 N–H and O–H groups in total. The van der Waals surface area contributed by atoms with Crippen LogP contribution in [0.5, 0.6) is 0 Å². The first-order valence-electron chi connectivity index (χ1n) is 6.05. The lowest BCUT2D eigenvalue weighted by molar-refractivity contribution is 0.103. The lowest BCUT2D eigenvalue weighted by atomic mass is 9.91. The summed E-state index contributed by atoms with van der Waals surface area (Å²) in [6.45, 7) is 6.32. The van der Waals surface area contributed by atoms with Crippen molar-refractivity contribution in [2.75, 3.05) is 0 Å². The number of carbonyl (C=O) groups is 1. The number of hydrogen-bond acceptors (Lipinski definition) is 2. The maximum absolute atomic E-state index is 12.2. The monoisotopic (exact) mass is 239 g/mol. The number of ketones is 1. The van der Waals surface area contributed by atoms with E-state index in [0.717, 1.165) is 5.69 Å². The number of nitrogens with zero attached hydrogens (tertiary/aromatic N) is 1. The Morgan fingerprint density at radius 2 is 1.61 bits per heavy atom. The van der Waals surface area contributed by atoms with Gasteiger partial charge >= 0.3 is 0 Å². The van der Waals surface area contributed by atoms with Gasteiger partial charge in [-0.1, -0.05) is 51.1 Å². The topological polar surface area (TPSA) is 30.0 Å². The number of aromatic nitrogens is 1. The minimum atomic E-state index is 0.00826. The molecule has 1 aromatic heterocycles. The second kappa shape index (κ2) is 4.73. The normalized spacial score (nSPS) is 11.3. The van der Waals surface area contributed by atoms with Crippen molar-refractivity contribution >= 4 is 5.78 Å². The van der Waals surface area contributed by atoms with Gasteiger partial charge in [0.25, 0.3) is 0 Å². The molecule has 0 atom stereocenters. The first kappa shape index (κ1) is 12.5. The third-order valence-electron chi connectivity index (χ3n) is 2.83. The summed E-state index contributed by atoms with van der Waals surface area (Å²) < 4.78 is 0. The average molecular weight is 239 g/mol. The molecule has 0 aliphatic heterocycles. The van der Waals surface area contributed by atoms with Crippen LogP contribution >= 0.6 is 0 Å². The molecule has 0 unspecified atom stereocenters. The van der Waals surface area contributed by atoms with E-state index in [1.54, 1.807) is 6.20 Å². The van der Waals surface area contributed by atoms with Crippen molar-refractivity contribution in [2.24, 2.45) is 0 Å². The van der Waals surface area contributed by atoms with Gasteiger partial charge in [-0.15, -0.1) is 0 Å². The molecule has 0 saturated carbocycles. The summed E-state index contributed by atoms with van der Waals surface area (Å²) in [4.78, 5) is 16.5. The summed E-state index contributed by atoms with van der Waals surface area (Å²) in [6.07, 6.45) is 1.66. The Balaban J connectivity index is 2.28. The van der Waals surface area contributed by atoms with Gasteiger partial charge in [-0.3, -0.25) is 9.78 Å². The van der Waals surface area contributed by atoms with Crippen molar-refractivity contribution in [1.82, 2.24) is 4.98 Å². The molecule has 2 aromatic rings. The predicted molar refractivity (Wildman–Crippen MR) is 72.8 cm³/mol. The number of hydrogen-bond donors (Lipinski definition) is 0. The molecule has 0 saturated heterocycles. The van der Waals surface area contributed by atoms with Crippen LogP contribution in [0.4, 0.5) is 0 Å².